The summed E-state index contributed by atoms with van der Waals surface area (Å²) in [5.41, 5.74) is -0.343. The second kappa shape index (κ2) is 8.48. The summed E-state index contributed by atoms with van der Waals surface area (Å²) in [6.45, 7) is 1.22. The normalized spacial score (nSPS) is 10.4. The van der Waals surface area contributed by atoms with Crippen molar-refractivity contribution in [3.8, 4) is 0 Å². The fourth-order valence-electron chi connectivity index (χ4n) is 1.92. The Hall–Kier alpha value is -2.61. The van der Waals surface area contributed by atoms with Crippen LogP contribution in [0.4, 0.5) is 14.5 Å². The molecule has 1 aromatic heterocycles. The van der Waals surface area contributed by atoms with Crippen LogP contribution in [0, 0.1) is 18.6 Å². The lowest BCUT2D eigenvalue weighted by Crippen LogP contribution is -2.21. The van der Waals surface area contributed by atoms with Crippen molar-refractivity contribution in [1.29, 1.82) is 0 Å². The smallest absolute Gasteiger partial charge is 0.306 e. The van der Waals surface area contributed by atoms with E-state index in [9.17, 15) is 23.2 Å². The number of halogens is 2. The van der Waals surface area contributed by atoms with Gasteiger partial charge in [-0.2, -0.15) is 0 Å². The number of nitrogens with one attached hydrogen (secondary N) is 1. The molecule has 0 unspecified atom stereocenters. The van der Waals surface area contributed by atoms with Crippen molar-refractivity contribution in [2.75, 3.05) is 11.9 Å². The molecule has 1 aromatic carbocycles. The number of benzene rings is 1. The highest BCUT2D eigenvalue weighted by molar-refractivity contribution is 7.14. The van der Waals surface area contributed by atoms with Crippen LogP contribution in [0.15, 0.2) is 30.3 Å². The fraction of sp³-hybridized carbons (Fsp3) is 0.235. The highest BCUT2D eigenvalue weighted by Gasteiger charge is 2.14. The van der Waals surface area contributed by atoms with E-state index in [0.29, 0.717) is 4.88 Å². The van der Waals surface area contributed by atoms with Gasteiger partial charge in [0.2, 0.25) is 0 Å². The van der Waals surface area contributed by atoms with Crippen LogP contribution in [-0.2, 0) is 14.3 Å². The average molecular weight is 367 g/mol. The van der Waals surface area contributed by atoms with Crippen LogP contribution >= 0.6 is 11.3 Å². The van der Waals surface area contributed by atoms with Gasteiger partial charge in [-0.1, -0.05) is 0 Å². The van der Waals surface area contributed by atoms with Crippen LogP contribution < -0.4 is 5.32 Å². The van der Waals surface area contributed by atoms with Gasteiger partial charge in [0.1, 0.15) is 11.6 Å². The monoisotopic (exact) mass is 367 g/mol. The van der Waals surface area contributed by atoms with Crippen molar-refractivity contribution in [3.63, 3.8) is 0 Å². The molecule has 1 N–H and O–H groups in total. The number of ether oxygens (including phenoxy) is 1. The number of esters is 1. The number of carbonyl (C=O) groups is 3. The first-order valence-electron chi connectivity index (χ1n) is 7.35. The standard InChI is InChI=1S/C17H15F2NO4S/c1-10-2-6-15(25-10)14(21)5-7-17(23)24-9-16(22)20-13-8-11(18)3-4-12(13)19/h2-4,6,8H,5,7,9H2,1H3,(H,20,22). The molecule has 25 heavy (non-hydrogen) atoms. The largest absolute Gasteiger partial charge is 0.456 e. The number of amides is 1. The zero-order chi connectivity index (χ0) is 18.4. The molecule has 1 heterocycles. The molecule has 0 saturated heterocycles. The first-order valence-corrected chi connectivity index (χ1v) is 8.17. The Balaban J connectivity index is 1.75. The molecule has 8 heteroatoms. The van der Waals surface area contributed by atoms with E-state index in [-0.39, 0.29) is 24.3 Å². The number of hydrogen-bond acceptors (Lipinski definition) is 5. The molecule has 0 bridgehead atoms. The minimum absolute atomic E-state index is 0.0288. The van der Waals surface area contributed by atoms with Gasteiger partial charge in [-0.05, 0) is 31.2 Å². The molecule has 0 saturated carbocycles. The van der Waals surface area contributed by atoms with Crippen LogP contribution in [-0.4, -0.2) is 24.3 Å². The van der Waals surface area contributed by atoms with Crippen molar-refractivity contribution in [1.82, 2.24) is 0 Å². The van der Waals surface area contributed by atoms with Crippen molar-refractivity contribution < 1.29 is 27.9 Å². The minimum atomic E-state index is -0.807. The summed E-state index contributed by atoms with van der Waals surface area (Å²) in [5, 5.41) is 2.10. The second-order valence-corrected chi connectivity index (χ2v) is 6.45. The van der Waals surface area contributed by atoms with Gasteiger partial charge in [-0.25, -0.2) is 8.78 Å². The Labute approximate surface area is 146 Å². The van der Waals surface area contributed by atoms with E-state index in [1.54, 1.807) is 6.07 Å². The van der Waals surface area contributed by atoms with Gasteiger partial charge in [0.15, 0.2) is 12.4 Å². The van der Waals surface area contributed by atoms with Crippen molar-refractivity contribution >= 4 is 34.7 Å². The van der Waals surface area contributed by atoms with E-state index in [0.717, 1.165) is 23.1 Å². The van der Waals surface area contributed by atoms with Crippen LogP contribution in [0.1, 0.15) is 27.4 Å². The van der Waals surface area contributed by atoms with Crippen molar-refractivity contribution in [3.05, 3.63) is 51.7 Å². The number of carbonyl (C=O) groups excluding carboxylic acids is 3. The number of thiophene rings is 1. The summed E-state index contributed by atoms with van der Waals surface area (Å²) in [6, 6.07) is 6.10. The van der Waals surface area contributed by atoms with Gasteiger partial charge in [-0.3, -0.25) is 14.4 Å². The molecule has 2 aromatic rings. The molecule has 0 atom stereocenters. The summed E-state index contributed by atoms with van der Waals surface area (Å²) >= 11 is 1.34. The van der Waals surface area contributed by atoms with E-state index in [2.05, 4.69) is 5.32 Å². The predicted molar refractivity (Wildman–Crippen MR) is 88.6 cm³/mol. The third-order valence-corrected chi connectivity index (χ3v) is 4.18. The Kier molecular flexibility index (Phi) is 6.35. The molecule has 2 rings (SSSR count). The molecular formula is C17H15F2NO4S. The zero-order valence-electron chi connectivity index (χ0n) is 13.3. The molecule has 132 valence electrons. The molecule has 1 amide bonds. The lowest BCUT2D eigenvalue weighted by molar-refractivity contribution is -0.147. The molecule has 0 aliphatic rings. The summed E-state index contributed by atoms with van der Waals surface area (Å²) in [4.78, 5) is 36.6. The Morgan fingerprint density at radius 2 is 1.88 bits per heavy atom. The van der Waals surface area contributed by atoms with Crippen LogP contribution in [0.5, 0.6) is 0 Å². The third kappa shape index (κ3) is 5.75. The summed E-state index contributed by atoms with van der Waals surface area (Å²) < 4.78 is 31.1. The SMILES string of the molecule is Cc1ccc(C(=O)CCC(=O)OCC(=O)Nc2cc(F)ccc2F)s1. The maximum atomic E-state index is 13.4. The molecule has 0 aliphatic heterocycles. The predicted octanol–water partition coefficient (Wildman–Crippen LogP) is 3.48. The van der Waals surface area contributed by atoms with E-state index < -0.39 is 30.1 Å². The van der Waals surface area contributed by atoms with Gasteiger partial charge in [-0.15, -0.1) is 11.3 Å². The Morgan fingerprint density at radius 1 is 1.12 bits per heavy atom. The van der Waals surface area contributed by atoms with E-state index >= 15 is 0 Å². The van der Waals surface area contributed by atoms with Crippen molar-refractivity contribution in [2.45, 2.75) is 19.8 Å². The van der Waals surface area contributed by atoms with E-state index in [1.807, 2.05) is 13.0 Å². The third-order valence-electron chi connectivity index (χ3n) is 3.14. The van der Waals surface area contributed by atoms with Gasteiger partial charge >= 0.3 is 5.97 Å². The number of ketones is 1. The summed E-state index contributed by atoms with van der Waals surface area (Å²) in [6.07, 6.45) is -0.198. The molecule has 5 nitrogen and oxygen atoms in total. The Bertz CT molecular complexity index is 804. The topological polar surface area (TPSA) is 72.5 Å². The molecule has 0 aliphatic carbocycles. The quantitative estimate of drug-likeness (QED) is 0.601. The van der Waals surface area contributed by atoms with Crippen molar-refractivity contribution in [2.24, 2.45) is 0 Å². The van der Waals surface area contributed by atoms with E-state index in [1.165, 1.54) is 11.3 Å². The number of anilines is 1. The molecule has 0 radical (unpaired) electrons. The van der Waals surface area contributed by atoms with Gasteiger partial charge in [0, 0.05) is 17.4 Å². The number of Topliss-reactive ketones (excluding diaryl/α,β-unsaturated/α-hetero) is 1. The molecule has 0 spiro atoms. The zero-order valence-corrected chi connectivity index (χ0v) is 14.1. The first kappa shape index (κ1) is 18.7. The van der Waals surface area contributed by atoms with Crippen LogP contribution in [0.2, 0.25) is 0 Å². The average Bonchev–Trinajstić information content (AvgIpc) is 3.00. The number of hydrogen-bond donors (Lipinski definition) is 1. The molecular weight excluding hydrogens is 352 g/mol. The molecule has 0 fully saturated rings. The maximum absolute atomic E-state index is 13.4. The first-order chi connectivity index (χ1) is 11.8. The summed E-state index contributed by atoms with van der Waals surface area (Å²) in [5.74, 6) is -3.23. The second-order valence-electron chi connectivity index (χ2n) is 5.17. The van der Waals surface area contributed by atoms with Crippen LogP contribution in [0.3, 0.4) is 0 Å². The lowest BCUT2D eigenvalue weighted by atomic mass is 10.2. The highest BCUT2D eigenvalue weighted by atomic mass is 32.1. The van der Waals surface area contributed by atoms with Gasteiger partial charge in [0.25, 0.3) is 5.91 Å². The number of aryl methyl sites for hydroxylation is 1. The van der Waals surface area contributed by atoms with Gasteiger partial charge in [0.05, 0.1) is 17.0 Å². The van der Waals surface area contributed by atoms with Gasteiger partial charge < -0.3 is 10.1 Å². The Morgan fingerprint density at radius 3 is 2.56 bits per heavy atom. The van der Waals surface area contributed by atoms with E-state index in [4.69, 9.17) is 4.74 Å². The lowest BCUT2D eigenvalue weighted by Gasteiger charge is -2.07. The summed E-state index contributed by atoms with van der Waals surface area (Å²) in [7, 11) is 0. The van der Waals surface area contributed by atoms with Crippen LogP contribution in [0.25, 0.3) is 0 Å². The fourth-order valence-corrected chi connectivity index (χ4v) is 2.76. The minimum Gasteiger partial charge on any atom is -0.456 e. The number of rotatable bonds is 7. The highest BCUT2D eigenvalue weighted by Crippen LogP contribution is 2.18. The maximum Gasteiger partial charge on any atom is 0.306 e.